The molecule has 0 saturated heterocycles. The van der Waals surface area contributed by atoms with Gasteiger partial charge in [-0.25, -0.2) is 4.39 Å². The minimum atomic E-state index is -4.36. The first-order valence-electron chi connectivity index (χ1n) is 12.8. The highest BCUT2D eigenvalue weighted by Crippen LogP contribution is 2.29. The number of hydrogen-bond acceptors (Lipinski definition) is 0. The van der Waals surface area contributed by atoms with Crippen LogP contribution in [0.3, 0.4) is 0 Å². The van der Waals surface area contributed by atoms with Crippen LogP contribution in [0.15, 0.2) is 78.9 Å². The Balaban J connectivity index is 1.41. The summed E-state index contributed by atoms with van der Waals surface area (Å²) in [7, 11) is 0. The first-order valence-corrected chi connectivity index (χ1v) is 12.8. The molecular formula is C33H30F4. The number of alkyl halides is 3. The molecule has 37 heavy (non-hydrogen) atoms. The Bertz CT molecular complexity index is 1390. The summed E-state index contributed by atoms with van der Waals surface area (Å²) in [6, 6.07) is 22.5. The molecular weight excluding hydrogens is 472 g/mol. The normalized spacial score (nSPS) is 11.4. The van der Waals surface area contributed by atoms with Crippen molar-refractivity contribution in [1.29, 1.82) is 0 Å². The third-order valence-electron chi connectivity index (χ3n) is 6.62. The molecule has 4 rings (SSSR count). The van der Waals surface area contributed by atoms with E-state index in [9.17, 15) is 13.2 Å². The first kappa shape index (κ1) is 26.5. The van der Waals surface area contributed by atoms with Gasteiger partial charge in [0.05, 0.1) is 5.56 Å². The zero-order valence-corrected chi connectivity index (χ0v) is 21.0. The smallest absolute Gasteiger partial charge is 0.206 e. The van der Waals surface area contributed by atoms with Crippen LogP contribution in [0.25, 0.3) is 10.8 Å². The molecule has 0 fully saturated rings. The van der Waals surface area contributed by atoms with Crippen LogP contribution in [0.4, 0.5) is 17.6 Å². The highest BCUT2D eigenvalue weighted by Gasteiger charge is 2.29. The third kappa shape index (κ3) is 7.23. The maximum absolute atomic E-state index is 15.2. The Morgan fingerprint density at radius 1 is 0.649 bits per heavy atom. The summed E-state index contributed by atoms with van der Waals surface area (Å²) >= 11 is 0. The molecule has 0 amide bonds. The van der Waals surface area contributed by atoms with E-state index in [0.29, 0.717) is 23.8 Å². The molecule has 0 aromatic heterocycles. The molecule has 0 spiro atoms. The lowest BCUT2D eigenvalue weighted by atomic mass is 9.98. The van der Waals surface area contributed by atoms with Gasteiger partial charge in [-0.05, 0) is 84.2 Å². The first-order chi connectivity index (χ1) is 17.8. The van der Waals surface area contributed by atoms with Crippen molar-refractivity contribution in [2.24, 2.45) is 0 Å². The molecule has 4 aromatic rings. The van der Waals surface area contributed by atoms with E-state index in [1.54, 1.807) is 12.1 Å². The molecule has 0 radical (unpaired) electrons. The van der Waals surface area contributed by atoms with Gasteiger partial charge in [-0.1, -0.05) is 80.5 Å². The van der Waals surface area contributed by atoms with Crippen molar-refractivity contribution in [2.75, 3.05) is 0 Å². The van der Waals surface area contributed by atoms with Crippen molar-refractivity contribution in [3.63, 3.8) is 0 Å². The molecule has 0 N–H and O–H groups in total. The van der Waals surface area contributed by atoms with Crippen LogP contribution < -0.4 is 0 Å². The van der Waals surface area contributed by atoms with Crippen molar-refractivity contribution in [2.45, 2.75) is 58.0 Å². The number of rotatable bonds is 8. The van der Waals surface area contributed by atoms with Gasteiger partial charge < -0.3 is 0 Å². The van der Waals surface area contributed by atoms with Crippen LogP contribution in [0.1, 0.15) is 66.0 Å². The van der Waals surface area contributed by atoms with Crippen LogP contribution in [0, 0.1) is 17.7 Å². The number of halogens is 4. The second kappa shape index (κ2) is 12.1. The number of fused-ring (bicyclic) bond motifs is 1. The molecule has 4 aromatic carbocycles. The average molecular weight is 503 g/mol. The molecule has 0 atom stereocenters. The summed E-state index contributed by atoms with van der Waals surface area (Å²) < 4.78 is 53.4. The van der Waals surface area contributed by atoms with Crippen molar-refractivity contribution in [3.05, 3.63) is 118 Å². The highest BCUT2D eigenvalue weighted by molar-refractivity contribution is 5.85. The second-order valence-corrected chi connectivity index (χ2v) is 9.43. The summed E-state index contributed by atoms with van der Waals surface area (Å²) in [4.78, 5) is 0. The van der Waals surface area contributed by atoms with Gasteiger partial charge in [0.25, 0.3) is 0 Å². The van der Waals surface area contributed by atoms with Gasteiger partial charge in [-0.3, -0.25) is 0 Å². The molecule has 0 saturated carbocycles. The Morgan fingerprint density at radius 2 is 1.30 bits per heavy atom. The minimum absolute atomic E-state index is 0.293. The molecule has 4 heteroatoms. The number of aryl methyl sites for hydroxylation is 3. The van der Waals surface area contributed by atoms with Crippen molar-refractivity contribution >= 4 is 10.8 Å². The van der Waals surface area contributed by atoms with Gasteiger partial charge in [-0.15, -0.1) is 0 Å². The van der Waals surface area contributed by atoms with E-state index in [-0.39, 0.29) is 5.82 Å². The fraction of sp³-hybridized carbons (Fsp3) is 0.273. The van der Waals surface area contributed by atoms with Gasteiger partial charge >= 0.3 is 6.18 Å². The van der Waals surface area contributed by atoms with E-state index < -0.39 is 11.7 Å². The van der Waals surface area contributed by atoms with Crippen LogP contribution in [0.5, 0.6) is 0 Å². The number of hydrogen-bond donors (Lipinski definition) is 0. The van der Waals surface area contributed by atoms with Gasteiger partial charge in [0, 0.05) is 16.5 Å². The van der Waals surface area contributed by atoms with E-state index in [2.05, 4.69) is 30.9 Å². The number of benzene rings is 4. The molecule has 0 nitrogen and oxygen atoms in total. The standard InChI is InChI=1S/C33H30F4/c1-2-3-4-5-6-24-7-9-25(10-8-24)11-12-27-16-22-31-29(23-27)19-18-28(32(31)34)17-13-26-14-20-30(21-15-26)33(35,36)37/h7-10,14-16,18-23H,2-6,13,17H2,1H3. The minimum Gasteiger partial charge on any atom is -0.206 e. The van der Waals surface area contributed by atoms with E-state index >= 15 is 4.39 Å². The predicted octanol–water partition coefficient (Wildman–Crippen LogP) is 9.31. The zero-order valence-electron chi connectivity index (χ0n) is 21.0. The molecule has 0 heterocycles. The fourth-order valence-corrected chi connectivity index (χ4v) is 4.40. The van der Waals surface area contributed by atoms with Crippen molar-refractivity contribution < 1.29 is 17.6 Å². The van der Waals surface area contributed by atoms with Crippen molar-refractivity contribution in [3.8, 4) is 11.8 Å². The van der Waals surface area contributed by atoms with Crippen molar-refractivity contribution in [1.82, 2.24) is 0 Å². The van der Waals surface area contributed by atoms with E-state index in [1.165, 1.54) is 43.4 Å². The van der Waals surface area contributed by atoms with Crippen LogP contribution >= 0.6 is 0 Å². The SMILES string of the molecule is CCCCCCc1ccc(C#Cc2ccc3c(F)c(CCc4ccc(C(F)(F)F)cc4)ccc3c2)cc1. The summed E-state index contributed by atoms with van der Waals surface area (Å²) in [6.07, 6.45) is 2.60. The molecule has 190 valence electrons. The Morgan fingerprint density at radius 3 is 2.00 bits per heavy atom. The van der Waals surface area contributed by atoms with Crippen LogP contribution in [0.2, 0.25) is 0 Å². The lowest BCUT2D eigenvalue weighted by Gasteiger charge is -2.09. The second-order valence-electron chi connectivity index (χ2n) is 9.43. The fourth-order valence-electron chi connectivity index (χ4n) is 4.40. The molecule has 0 unspecified atom stereocenters. The lowest BCUT2D eigenvalue weighted by Crippen LogP contribution is -2.04. The number of unbranched alkanes of at least 4 members (excludes halogenated alkanes) is 3. The molecule has 0 aliphatic heterocycles. The molecule has 0 aliphatic rings. The van der Waals surface area contributed by atoms with E-state index in [4.69, 9.17) is 0 Å². The maximum atomic E-state index is 15.2. The highest BCUT2D eigenvalue weighted by atomic mass is 19.4. The Hall–Kier alpha value is -3.58. The summed E-state index contributed by atoms with van der Waals surface area (Å²) in [5.74, 6) is 6.08. The van der Waals surface area contributed by atoms with Gasteiger partial charge in [0.15, 0.2) is 0 Å². The summed E-state index contributed by atoms with van der Waals surface area (Å²) in [5, 5.41) is 1.29. The summed E-state index contributed by atoms with van der Waals surface area (Å²) in [5.41, 5.74) is 3.69. The average Bonchev–Trinajstić information content (AvgIpc) is 2.90. The topological polar surface area (TPSA) is 0 Å². The van der Waals surface area contributed by atoms with Gasteiger partial charge in [-0.2, -0.15) is 13.2 Å². The molecule has 0 aliphatic carbocycles. The largest absolute Gasteiger partial charge is 0.416 e. The predicted molar refractivity (Wildman–Crippen MR) is 143 cm³/mol. The van der Waals surface area contributed by atoms with E-state index in [0.717, 1.165) is 40.6 Å². The monoisotopic (exact) mass is 502 g/mol. The van der Waals surface area contributed by atoms with Crippen LogP contribution in [-0.4, -0.2) is 0 Å². The lowest BCUT2D eigenvalue weighted by molar-refractivity contribution is -0.137. The molecule has 0 bridgehead atoms. The Labute approximate surface area is 216 Å². The Kier molecular flexibility index (Phi) is 8.66. The maximum Gasteiger partial charge on any atom is 0.416 e. The van der Waals surface area contributed by atoms with Gasteiger partial charge in [0.2, 0.25) is 0 Å². The quantitative estimate of drug-likeness (QED) is 0.128. The third-order valence-corrected chi connectivity index (χ3v) is 6.62. The zero-order chi connectivity index (χ0) is 26.3. The summed E-state index contributed by atoms with van der Waals surface area (Å²) in [6.45, 7) is 2.22. The van der Waals surface area contributed by atoms with E-state index in [1.807, 2.05) is 30.3 Å². The van der Waals surface area contributed by atoms with Gasteiger partial charge in [0.1, 0.15) is 5.82 Å². The van der Waals surface area contributed by atoms with Crippen LogP contribution in [-0.2, 0) is 25.4 Å².